The molecule has 2 rings (SSSR count). The zero-order chi connectivity index (χ0) is 12.6. The van der Waals surface area contributed by atoms with E-state index in [9.17, 15) is 9.90 Å². The highest BCUT2D eigenvalue weighted by Gasteiger charge is 2.16. The number of rotatable bonds is 3. The molecule has 2 N–H and O–H groups in total. The van der Waals surface area contributed by atoms with Crippen LogP contribution in [0.3, 0.4) is 0 Å². The summed E-state index contributed by atoms with van der Waals surface area (Å²) in [6.07, 6.45) is -0.513. The summed E-state index contributed by atoms with van der Waals surface area (Å²) in [5, 5.41) is 12.7. The van der Waals surface area contributed by atoms with Gasteiger partial charge >= 0.3 is 5.76 Å². The third kappa shape index (κ3) is 1.99. The minimum Gasteiger partial charge on any atom is -0.408 e. The first-order valence-electron chi connectivity index (χ1n) is 5.49. The molecule has 2 unspecified atom stereocenters. The number of aromatic nitrogens is 1. The van der Waals surface area contributed by atoms with E-state index in [1.807, 2.05) is 12.1 Å². The standard InChI is InChI=1S/C12H16N2O3/c1-7(15)11(13-2)8-4-5-10-9(6-8)14(3)12(16)17-10/h4-7,11,13,15H,1-3H3. The van der Waals surface area contributed by atoms with Crippen molar-refractivity contribution in [2.75, 3.05) is 7.05 Å². The first-order valence-corrected chi connectivity index (χ1v) is 5.49. The molecule has 92 valence electrons. The van der Waals surface area contributed by atoms with Crippen molar-refractivity contribution in [3.8, 4) is 0 Å². The molecule has 0 bridgehead atoms. The molecule has 0 aliphatic carbocycles. The summed E-state index contributed by atoms with van der Waals surface area (Å²) in [4.78, 5) is 11.4. The van der Waals surface area contributed by atoms with Gasteiger partial charge in [0.15, 0.2) is 5.58 Å². The van der Waals surface area contributed by atoms with E-state index in [-0.39, 0.29) is 11.8 Å². The summed E-state index contributed by atoms with van der Waals surface area (Å²) in [7, 11) is 3.45. The van der Waals surface area contributed by atoms with Crippen molar-refractivity contribution >= 4 is 11.1 Å². The monoisotopic (exact) mass is 236 g/mol. The fourth-order valence-corrected chi connectivity index (χ4v) is 2.02. The molecule has 0 saturated carbocycles. The summed E-state index contributed by atoms with van der Waals surface area (Å²) in [5.41, 5.74) is 2.21. The van der Waals surface area contributed by atoms with Gasteiger partial charge in [0.25, 0.3) is 0 Å². The van der Waals surface area contributed by atoms with E-state index in [4.69, 9.17) is 4.42 Å². The van der Waals surface area contributed by atoms with Crippen LogP contribution in [0.2, 0.25) is 0 Å². The molecule has 0 amide bonds. The number of likely N-dealkylation sites (N-methyl/N-ethyl adjacent to an activating group) is 1. The minimum absolute atomic E-state index is 0.163. The Kier molecular flexibility index (Phi) is 3.04. The van der Waals surface area contributed by atoms with Crippen molar-refractivity contribution in [3.63, 3.8) is 0 Å². The normalized spacial score (nSPS) is 15.1. The zero-order valence-corrected chi connectivity index (χ0v) is 10.1. The van der Waals surface area contributed by atoms with Gasteiger partial charge in [0.1, 0.15) is 0 Å². The highest BCUT2D eigenvalue weighted by molar-refractivity contribution is 5.73. The van der Waals surface area contributed by atoms with Crippen LogP contribution in [0.25, 0.3) is 11.1 Å². The molecule has 1 aromatic heterocycles. The molecule has 1 aromatic carbocycles. The van der Waals surface area contributed by atoms with Crippen molar-refractivity contribution in [2.45, 2.75) is 19.1 Å². The Balaban J connectivity index is 2.57. The molecule has 5 heteroatoms. The molecule has 0 aliphatic heterocycles. The lowest BCUT2D eigenvalue weighted by atomic mass is 10.0. The van der Waals surface area contributed by atoms with E-state index in [2.05, 4.69) is 5.32 Å². The number of hydrogen-bond donors (Lipinski definition) is 2. The van der Waals surface area contributed by atoms with Gasteiger partial charge in [-0.15, -0.1) is 0 Å². The molecular weight excluding hydrogens is 220 g/mol. The van der Waals surface area contributed by atoms with Crippen molar-refractivity contribution in [1.29, 1.82) is 0 Å². The molecule has 2 aromatic rings. The van der Waals surface area contributed by atoms with Gasteiger partial charge in [-0.3, -0.25) is 4.57 Å². The number of nitrogens with zero attached hydrogens (tertiary/aromatic N) is 1. The number of oxazole rings is 1. The molecule has 2 atom stereocenters. The van der Waals surface area contributed by atoms with Gasteiger partial charge in [-0.1, -0.05) is 6.07 Å². The topological polar surface area (TPSA) is 67.4 Å². The van der Waals surface area contributed by atoms with Crippen LogP contribution in [0, 0.1) is 0 Å². The van der Waals surface area contributed by atoms with E-state index in [1.165, 1.54) is 4.57 Å². The Hall–Kier alpha value is -1.59. The molecule has 1 heterocycles. The Labute approximate surface area is 98.7 Å². The zero-order valence-electron chi connectivity index (χ0n) is 10.1. The summed E-state index contributed by atoms with van der Waals surface area (Å²) >= 11 is 0. The van der Waals surface area contributed by atoms with E-state index in [0.717, 1.165) is 11.1 Å². The maximum atomic E-state index is 11.4. The SMILES string of the molecule is CNC(c1ccc2oc(=O)n(C)c2c1)C(C)O. The largest absolute Gasteiger partial charge is 0.419 e. The molecule has 0 radical (unpaired) electrons. The Morgan fingerprint density at radius 2 is 2.18 bits per heavy atom. The third-order valence-corrected chi connectivity index (χ3v) is 2.97. The lowest BCUT2D eigenvalue weighted by Gasteiger charge is -2.19. The third-order valence-electron chi connectivity index (χ3n) is 2.97. The molecule has 5 nitrogen and oxygen atoms in total. The molecule has 0 aliphatic rings. The summed E-state index contributed by atoms with van der Waals surface area (Å²) < 4.78 is 6.50. The number of aryl methyl sites for hydroxylation is 1. The molecule has 0 spiro atoms. The maximum Gasteiger partial charge on any atom is 0.419 e. The quantitative estimate of drug-likeness (QED) is 0.826. The summed E-state index contributed by atoms with van der Waals surface area (Å²) in [5.74, 6) is -0.379. The lowest BCUT2D eigenvalue weighted by molar-refractivity contribution is 0.150. The van der Waals surface area contributed by atoms with E-state index in [0.29, 0.717) is 5.58 Å². The number of benzene rings is 1. The summed E-state index contributed by atoms with van der Waals surface area (Å²) in [6, 6.07) is 5.29. The Bertz CT molecular complexity index is 583. The summed E-state index contributed by atoms with van der Waals surface area (Å²) in [6.45, 7) is 1.72. The predicted octanol–water partition coefficient (Wildman–Crippen LogP) is 0.773. The maximum absolute atomic E-state index is 11.4. The van der Waals surface area contributed by atoms with Gasteiger partial charge in [-0.2, -0.15) is 0 Å². The highest BCUT2D eigenvalue weighted by atomic mass is 16.4. The van der Waals surface area contributed by atoms with E-state index in [1.54, 1.807) is 27.1 Å². The Morgan fingerprint density at radius 1 is 1.47 bits per heavy atom. The van der Waals surface area contributed by atoms with Gasteiger partial charge in [-0.05, 0) is 31.7 Å². The van der Waals surface area contributed by atoms with Crippen molar-refractivity contribution < 1.29 is 9.52 Å². The second-order valence-corrected chi connectivity index (χ2v) is 4.16. The van der Waals surface area contributed by atoms with Crippen molar-refractivity contribution in [2.24, 2.45) is 7.05 Å². The van der Waals surface area contributed by atoms with Crippen LogP contribution >= 0.6 is 0 Å². The number of fused-ring (bicyclic) bond motifs is 1. The highest BCUT2D eigenvalue weighted by Crippen LogP contribution is 2.21. The van der Waals surface area contributed by atoms with Gasteiger partial charge in [0.05, 0.1) is 17.7 Å². The van der Waals surface area contributed by atoms with Crippen LogP contribution in [0.5, 0.6) is 0 Å². The first-order chi connectivity index (χ1) is 8.04. The average molecular weight is 236 g/mol. The lowest BCUT2D eigenvalue weighted by Crippen LogP contribution is -2.27. The van der Waals surface area contributed by atoms with E-state index >= 15 is 0 Å². The molecule has 17 heavy (non-hydrogen) atoms. The fourth-order valence-electron chi connectivity index (χ4n) is 2.02. The van der Waals surface area contributed by atoms with Crippen LogP contribution in [0.1, 0.15) is 18.5 Å². The van der Waals surface area contributed by atoms with Crippen LogP contribution < -0.4 is 11.1 Å². The fraction of sp³-hybridized carbons (Fsp3) is 0.417. The predicted molar refractivity (Wildman–Crippen MR) is 64.9 cm³/mol. The number of aliphatic hydroxyl groups excluding tert-OH is 1. The van der Waals surface area contributed by atoms with Gasteiger partial charge < -0.3 is 14.8 Å². The second kappa shape index (κ2) is 4.35. The van der Waals surface area contributed by atoms with Crippen LogP contribution in [0.15, 0.2) is 27.4 Å². The Morgan fingerprint density at radius 3 is 2.76 bits per heavy atom. The molecule has 0 saturated heterocycles. The van der Waals surface area contributed by atoms with Gasteiger partial charge in [0.2, 0.25) is 0 Å². The minimum atomic E-state index is -0.513. The van der Waals surface area contributed by atoms with Gasteiger partial charge in [-0.25, -0.2) is 4.79 Å². The van der Waals surface area contributed by atoms with Crippen LogP contribution in [0.4, 0.5) is 0 Å². The van der Waals surface area contributed by atoms with Crippen molar-refractivity contribution in [1.82, 2.24) is 9.88 Å². The van der Waals surface area contributed by atoms with E-state index < -0.39 is 6.10 Å². The van der Waals surface area contributed by atoms with Crippen LogP contribution in [-0.2, 0) is 7.05 Å². The van der Waals surface area contributed by atoms with Crippen molar-refractivity contribution in [3.05, 3.63) is 34.3 Å². The molecule has 0 fully saturated rings. The first kappa shape index (κ1) is 11.9. The van der Waals surface area contributed by atoms with Gasteiger partial charge in [0, 0.05) is 7.05 Å². The second-order valence-electron chi connectivity index (χ2n) is 4.16. The van der Waals surface area contributed by atoms with Crippen LogP contribution in [-0.4, -0.2) is 22.8 Å². The number of aliphatic hydroxyl groups is 1. The number of nitrogens with one attached hydrogen (secondary N) is 1. The number of hydrogen-bond acceptors (Lipinski definition) is 4. The molecular formula is C12H16N2O3. The average Bonchev–Trinajstić information content (AvgIpc) is 2.56. The smallest absolute Gasteiger partial charge is 0.408 e.